The van der Waals surface area contributed by atoms with Crippen LogP contribution < -0.4 is 0 Å². The molecule has 1 rings (SSSR count). The van der Waals surface area contributed by atoms with Gasteiger partial charge in [0, 0.05) is 6.42 Å². The maximum absolute atomic E-state index is 13.2. The van der Waals surface area contributed by atoms with Gasteiger partial charge in [-0.1, -0.05) is 25.1 Å². The molecule has 0 aromatic heterocycles. The van der Waals surface area contributed by atoms with Crippen molar-refractivity contribution in [2.45, 2.75) is 19.8 Å². The van der Waals surface area contributed by atoms with E-state index in [1.165, 1.54) is 12.1 Å². The van der Waals surface area contributed by atoms with E-state index in [1.807, 2.05) is 6.92 Å². The van der Waals surface area contributed by atoms with E-state index in [-0.39, 0.29) is 12.0 Å². The van der Waals surface area contributed by atoms with E-state index in [4.69, 9.17) is 0 Å². The minimum Gasteiger partial charge on any atom is -0.294 e. The van der Waals surface area contributed by atoms with Gasteiger partial charge in [-0.25, -0.2) is 8.78 Å². The SMILES string of the molecule is C=C(CC)CC(=O)c1cccc(F)c1F. The Kier molecular flexibility index (Phi) is 3.72. The normalized spacial score (nSPS) is 10.1. The first-order valence-corrected chi connectivity index (χ1v) is 4.70. The molecule has 0 amide bonds. The molecule has 1 aromatic carbocycles. The molecule has 0 spiro atoms. The maximum Gasteiger partial charge on any atom is 0.169 e. The fourth-order valence-corrected chi connectivity index (χ4v) is 1.17. The monoisotopic (exact) mass is 210 g/mol. The molecule has 0 saturated carbocycles. The lowest BCUT2D eigenvalue weighted by molar-refractivity contribution is 0.0987. The highest BCUT2D eigenvalue weighted by atomic mass is 19.2. The highest BCUT2D eigenvalue weighted by Crippen LogP contribution is 2.16. The molecule has 0 atom stereocenters. The van der Waals surface area contributed by atoms with Crippen LogP contribution >= 0.6 is 0 Å². The van der Waals surface area contributed by atoms with Crippen molar-refractivity contribution in [1.82, 2.24) is 0 Å². The number of carbonyl (C=O) groups is 1. The molecule has 0 radical (unpaired) electrons. The number of benzene rings is 1. The second kappa shape index (κ2) is 4.82. The molecule has 80 valence electrons. The first-order chi connectivity index (χ1) is 7.06. The molecule has 0 unspecified atom stereocenters. The van der Waals surface area contributed by atoms with E-state index in [0.29, 0.717) is 12.0 Å². The third-order valence-corrected chi connectivity index (χ3v) is 2.16. The van der Waals surface area contributed by atoms with E-state index in [2.05, 4.69) is 6.58 Å². The molecule has 0 N–H and O–H groups in total. The zero-order chi connectivity index (χ0) is 11.4. The molecule has 0 aliphatic heterocycles. The van der Waals surface area contributed by atoms with E-state index >= 15 is 0 Å². The topological polar surface area (TPSA) is 17.1 Å². The summed E-state index contributed by atoms with van der Waals surface area (Å²) >= 11 is 0. The summed E-state index contributed by atoms with van der Waals surface area (Å²) in [5.74, 6) is -2.51. The molecule has 15 heavy (non-hydrogen) atoms. The summed E-state index contributed by atoms with van der Waals surface area (Å²) in [7, 11) is 0. The van der Waals surface area contributed by atoms with Crippen LogP contribution in [0.25, 0.3) is 0 Å². The van der Waals surface area contributed by atoms with Crippen molar-refractivity contribution in [3.05, 3.63) is 47.5 Å². The lowest BCUT2D eigenvalue weighted by Gasteiger charge is -2.03. The lowest BCUT2D eigenvalue weighted by Crippen LogP contribution is -2.04. The number of rotatable bonds is 4. The molecular weight excluding hydrogens is 198 g/mol. The van der Waals surface area contributed by atoms with Crippen LogP contribution in [0.5, 0.6) is 0 Å². The second-order valence-electron chi connectivity index (χ2n) is 3.30. The molecule has 0 heterocycles. The Morgan fingerprint density at radius 2 is 2.07 bits per heavy atom. The fraction of sp³-hybridized carbons (Fsp3) is 0.250. The van der Waals surface area contributed by atoms with E-state index in [1.54, 1.807) is 0 Å². The van der Waals surface area contributed by atoms with Crippen molar-refractivity contribution in [3.8, 4) is 0 Å². The van der Waals surface area contributed by atoms with Crippen LogP contribution in [-0.2, 0) is 0 Å². The van der Waals surface area contributed by atoms with Crippen molar-refractivity contribution in [1.29, 1.82) is 0 Å². The number of ketones is 1. The zero-order valence-corrected chi connectivity index (χ0v) is 8.52. The maximum atomic E-state index is 13.2. The van der Waals surface area contributed by atoms with E-state index < -0.39 is 17.4 Å². The summed E-state index contributed by atoms with van der Waals surface area (Å²) in [6, 6.07) is 3.59. The fourth-order valence-electron chi connectivity index (χ4n) is 1.17. The molecule has 1 nitrogen and oxygen atoms in total. The average molecular weight is 210 g/mol. The quantitative estimate of drug-likeness (QED) is 0.549. The van der Waals surface area contributed by atoms with Gasteiger partial charge in [0.05, 0.1) is 5.56 Å². The van der Waals surface area contributed by atoms with Gasteiger partial charge in [-0.3, -0.25) is 4.79 Å². The Labute approximate surface area is 87.4 Å². The predicted octanol–water partition coefficient (Wildman–Crippen LogP) is 3.50. The molecule has 3 heteroatoms. The van der Waals surface area contributed by atoms with Crippen LogP contribution in [0.1, 0.15) is 30.1 Å². The van der Waals surface area contributed by atoms with Crippen molar-refractivity contribution in [2.24, 2.45) is 0 Å². The predicted molar refractivity (Wildman–Crippen MR) is 54.7 cm³/mol. The Balaban J connectivity index is 2.92. The van der Waals surface area contributed by atoms with E-state index in [9.17, 15) is 13.6 Å². The summed E-state index contributed by atoms with van der Waals surface area (Å²) in [6.07, 6.45) is 0.722. The van der Waals surface area contributed by atoms with Gasteiger partial charge in [0.25, 0.3) is 0 Å². The Hall–Kier alpha value is -1.51. The Morgan fingerprint density at radius 1 is 1.40 bits per heavy atom. The van der Waals surface area contributed by atoms with Gasteiger partial charge in [0.15, 0.2) is 17.4 Å². The third kappa shape index (κ3) is 2.72. The molecule has 1 aromatic rings. The second-order valence-corrected chi connectivity index (χ2v) is 3.30. The largest absolute Gasteiger partial charge is 0.294 e. The Bertz CT molecular complexity index is 397. The van der Waals surface area contributed by atoms with Crippen molar-refractivity contribution >= 4 is 5.78 Å². The van der Waals surface area contributed by atoms with Crippen molar-refractivity contribution in [2.75, 3.05) is 0 Å². The van der Waals surface area contributed by atoms with Gasteiger partial charge in [0.2, 0.25) is 0 Å². The molecular formula is C12H12F2O. The average Bonchev–Trinajstić information content (AvgIpc) is 2.21. The lowest BCUT2D eigenvalue weighted by atomic mass is 10.0. The van der Waals surface area contributed by atoms with Crippen LogP contribution in [0, 0.1) is 11.6 Å². The van der Waals surface area contributed by atoms with Crippen LogP contribution in [0.15, 0.2) is 30.4 Å². The van der Waals surface area contributed by atoms with Crippen LogP contribution in [-0.4, -0.2) is 5.78 Å². The number of hydrogen-bond donors (Lipinski definition) is 0. The van der Waals surface area contributed by atoms with Gasteiger partial charge in [-0.2, -0.15) is 0 Å². The third-order valence-electron chi connectivity index (χ3n) is 2.16. The molecule has 0 aliphatic carbocycles. The summed E-state index contributed by atoms with van der Waals surface area (Å²) in [4.78, 5) is 11.5. The van der Waals surface area contributed by atoms with Gasteiger partial charge in [-0.05, 0) is 18.6 Å². The smallest absolute Gasteiger partial charge is 0.169 e. The van der Waals surface area contributed by atoms with Crippen molar-refractivity contribution < 1.29 is 13.6 Å². The summed E-state index contributed by atoms with van der Waals surface area (Å²) in [6.45, 7) is 5.51. The first kappa shape index (κ1) is 11.6. The van der Waals surface area contributed by atoms with Gasteiger partial charge in [0.1, 0.15) is 0 Å². The summed E-state index contributed by atoms with van der Waals surface area (Å²) in [5.41, 5.74) is 0.508. The van der Waals surface area contributed by atoms with Gasteiger partial charge < -0.3 is 0 Å². The highest BCUT2D eigenvalue weighted by Gasteiger charge is 2.14. The molecule has 0 bridgehead atoms. The number of halogens is 2. The summed E-state index contributed by atoms with van der Waals surface area (Å²) in [5, 5.41) is 0. The number of allylic oxidation sites excluding steroid dienone is 1. The number of hydrogen-bond acceptors (Lipinski definition) is 1. The zero-order valence-electron chi connectivity index (χ0n) is 8.52. The van der Waals surface area contributed by atoms with Crippen molar-refractivity contribution in [3.63, 3.8) is 0 Å². The van der Waals surface area contributed by atoms with Gasteiger partial charge >= 0.3 is 0 Å². The molecule has 0 fully saturated rings. The number of carbonyl (C=O) groups excluding carboxylic acids is 1. The Morgan fingerprint density at radius 3 is 2.67 bits per heavy atom. The number of Topliss-reactive ketones (excluding diaryl/α,β-unsaturated/α-hetero) is 1. The van der Waals surface area contributed by atoms with Crippen LogP contribution in [0.2, 0.25) is 0 Å². The van der Waals surface area contributed by atoms with Crippen LogP contribution in [0.3, 0.4) is 0 Å². The minimum atomic E-state index is -1.08. The minimum absolute atomic E-state index is 0.0663. The highest BCUT2D eigenvalue weighted by molar-refractivity contribution is 5.97. The van der Waals surface area contributed by atoms with Gasteiger partial charge in [-0.15, -0.1) is 0 Å². The summed E-state index contributed by atoms with van der Waals surface area (Å²) < 4.78 is 26.0. The standard InChI is InChI=1S/C12H12F2O/c1-3-8(2)7-11(15)9-5-4-6-10(13)12(9)14/h4-6H,2-3,7H2,1H3. The molecule has 0 saturated heterocycles. The molecule has 0 aliphatic rings. The van der Waals surface area contributed by atoms with Crippen LogP contribution in [0.4, 0.5) is 8.78 Å². The van der Waals surface area contributed by atoms with E-state index in [0.717, 1.165) is 6.07 Å². The first-order valence-electron chi connectivity index (χ1n) is 4.70.